The van der Waals surface area contributed by atoms with Crippen LogP contribution in [-0.4, -0.2) is 37.3 Å². The largest absolute Gasteiger partial charge is 0.352 e. The van der Waals surface area contributed by atoms with Gasteiger partial charge in [0.15, 0.2) is 0 Å². The molecule has 5 nitrogen and oxygen atoms in total. The molecule has 1 heterocycles. The summed E-state index contributed by atoms with van der Waals surface area (Å²) in [5, 5.41) is 2.91. The van der Waals surface area contributed by atoms with E-state index in [0.29, 0.717) is 13.0 Å². The molecule has 6 heteroatoms. The Balaban J connectivity index is 1.82. The van der Waals surface area contributed by atoms with Gasteiger partial charge in [0.05, 0.1) is 4.90 Å². The SMILES string of the molecule is Cc1ccc(S(=O)(=O)N2CCC[C@@H]2C(=O)NC2CC2)cc1. The molecular weight excluding hydrogens is 288 g/mol. The maximum atomic E-state index is 12.7. The Morgan fingerprint density at radius 2 is 1.86 bits per heavy atom. The third-order valence-corrected chi connectivity index (χ3v) is 5.98. The average molecular weight is 308 g/mol. The summed E-state index contributed by atoms with van der Waals surface area (Å²) >= 11 is 0. The predicted molar refractivity (Wildman–Crippen MR) is 79.3 cm³/mol. The van der Waals surface area contributed by atoms with Crippen LogP contribution in [0.3, 0.4) is 0 Å². The van der Waals surface area contributed by atoms with E-state index in [9.17, 15) is 13.2 Å². The van der Waals surface area contributed by atoms with E-state index < -0.39 is 16.1 Å². The number of sulfonamides is 1. The molecule has 21 heavy (non-hydrogen) atoms. The fourth-order valence-corrected chi connectivity index (χ4v) is 4.32. The van der Waals surface area contributed by atoms with E-state index in [-0.39, 0.29) is 16.8 Å². The van der Waals surface area contributed by atoms with Gasteiger partial charge in [0, 0.05) is 12.6 Å². The number of hydrogen-bond acceptors (Lipinski definition) is 3. The molecule has 1 saturated heterocycles. The molecule has 1 N–H and O–H groups in total. The third kappa shape index (κ3) is 2.96. The lowest BCUT2D eigenvalue weighted by Gasteiger charge is -2.23. The molecule has 1 atom stereocenters. The zero-order valence-electron chi connectivity index (χ0n) is 12.1. The van der Waals surface area contributed by atoms with Gasteiger partial charge in [-0.15, -0.1) is 0 Å². The van der Waals surface area contributed by atoms with Gasteiger partial charge >= 0.3 is 0 Å². The van der Waals surface area contributed by atoms with Gasteiger partial charge in [-0.05, 0) is 44.7 Å². The van der Waals surface area contributed by atoms with E-state index in [4.69, 9.17) is 0 Å². The Morgan fingerprint density at radius 1 is 1.19 bits per heavy atom. The van der Waals surface area contributed by atoms with Crippen molar-refractivity contribution < 1.29 is 13.2 Å². The molecule has 2 aliphatic rings. The van der Waals surface area contributed by atoms with E-state index in [1.165, 1.54) is 4.31 Å². The van der Waals surface area contributed by atoms with Crippen LogP contribution >= 0.6 is 0 Å². The first-order valence-corrected chi connectivity index (χ1v) is 8.81. The predicted octanol–water partition coefficient (Wildman–Crippen LogP) is 1.43. The van der Waals surface area contributed by atoms with Crippen molar-refractivity contribution in [2.24, 2.45) is 0 Å². The lowest BCUT2D eigenvalue weighted by Crippen LogP contribution is -2.46. The number of aryl methyl sites for hydroxylation is 1. The molecule has 1 aromatic rings. The number of amides is 1. The van der Waals surface area contributed by atoms with Crippen molar-refractivity contribution in [1.82, 2.24) is 9.62 Å². The normalized spacial score (nSPS) is 23.2. The molecular formula is C15H20N2O3S. The fraction of sp³-hybridized carbons (Fsp3) is 0.533. The van der Waals surface area contributed by atoms with Gasteiger partial charge in [0.25, 0.3) is 0 Å². The van der Waals surface area contributed by atoms with E-state index in [1.807, 2.05) is 6.92 Å². The van der Waals surface area contributed by atoms with E-state index in [0.717, 1.165) is 24.8 Å². The molecule has 1 aliphatic heterocycles. The second-order valence-corrected chi connectivity index (χ2v) is 7.76. The molecule has 1 amide bonds. The summed E-state index contributed by atoms with van der Waals surface area (Å²) < 4.78 is 26.8. The lowest BCUT2D eigenvalue weighted by atomic mass is 10.2. The van der Waals surface area contributed by atoms with Crippen molar-refractivity contribution in [1.29, 1.82) is 0 Å². The van der Waals surface area contributed by atoms with Crippen molar-refractivity contribution in [3.05, 3.63) is 29.8 Å². The zero-order chi connectivity index (χ0) is 15.0. The number of hydrogen-bond donors (Lipinski definition) is 1. The molecule has 0 radical (unpaired) electrons. The summed E-state index contributed by atoms with van der Waals surface area (Å²) in [4.78, 5) is 12.5. The second kappa shape index (κ2) is 5.42. The molecule has 0 aromatic heterocycles. The molecule has 0 bridgehead atoms. The Hall–Kier alpha value is -1.40. The summed E-state index contributed by atoms with van der Waals surface area (Å²) in [5.74, 6) is -0.148. The Morgan fingerprint density at radius 3 is 2.48 bits per heavy atom. The minimum atomic E-state index is -3.59. The highest BCUT2D eigenvalue weighted by molar-refractivity contribution is 7.89. The molecule has 1 aromatic carbocycles. The van der Waals surface area contributed by atoms with E-state index in [1.54, 1.807) is 24.3 Å². The number of carbonyl (C=O) groups excluding carboxylic acids is 1. The number of nitrogens with zero attached hydrogens (tertiary/aromatic N) is 1. The maximum Gasteiger partial charge on any atom is 0.243 e. The minimum Gasteiger partial charge on any atom is -0.352 e. The van der Waals surface area contributed by atoms with Crippen LogP contribution in [0.1, 0.15) is 31.2 Å². The monoisotopic (exact) mass is 308 g/mol. The van der Waals surface area contributed by atoms with Gasteiger partial charge in [-0.2, -0.15) is 4.31 Å². The summed E-state index contributed by atoms with van der Waals surface area (Å²) in [6, 6.07) is 6.47. The van der Waals surface area contributed by atoms with Crippen LogP contribution in [0.25, 0.3) is 0 Å². The van der Waals surface area contributed by atoms with Gasteiger partial charge in [0.2, 0.25) is 15.9 Å². The number of carbonyl (C=O) groups is 1. The highest BCUT2D eigenvalue weighted by atomic mass is 32.2. The molecule has 2 fully saturated rings. The first-order valence-electron chi connectivity index (χ1n) is 7.37. The van der Waals surface area contributed by atoms with Crippen LogP contribution in [0.4, 0.5) is 0 Å². The van der Waals surface area contributed by atoms with Crippen LogP contribution in [0.15, 0.2) is 29.2 Å². The van der Waals surface area contributed by atoms with Crippen molar-refractivity contribution in [2.45, 2.75) is 49.6 Å². The molecule has 1 aliphatic carbocycles. The molecule has 1 saturated carbocycles. The highest BCUT2D eigenvalue weighted by Gasteiger charge is 2.40. The molecule has 3 rings (SSSR count). The van der Waals surface area contributed by atoms with Crippen molar-refractivity contribution in [3.8, 4) is 0 Å². The van der Waals surface area contributed by atoms with Crippen molar-refractivity contribution in [2.75, 3.05) is 6.54 Å². The Bertz CT molecular complexity index is 635. The lowest BCUT2D eigenvalue weighted by molar-refractivity contribution is -0.124. The standard InChI is InChI=1S/C15H20N2O3S/c1-11-4-8-13(9-5-11)21(19,20)17-10-2-3-14(17)15(18)16-12-6-7-12/h4-5,8-9,12,14H,2-3,6-7,10H2,1H3,(H,16,18)/t14-/m1/s1. The topological polar surface area (TPSA) is 66.5 Å². The summed E-state index contributed by atoms with van der Waals surface area (Å²) in [6.07, 6.45) is 3.34. The zero-order valence-corrected chi connectivity index (χ0v) is 12.9. The third-order valence-electron chi connectivity index (χ3n) is 4.06. The van der Waals surface area contributed by atoms with Crippen LogP contribution in [-0.2, 0) is 14.8 Å². The van der Waals surface area contributed by atoms with Crippen LogP contribution < -0.4 is 5.32 Å². The molecule has 0 spiro atoms. The van der Waals surface area contributed by atoms with Crippen LogP contribution in [0.2, 0.25) is 0 Å². The van der Waals surface area contributed by atoms with Gasteiger partial charge in [-0.1, -0.05) is 17.7 Å². The average Bonchev–Trinajstić information content (AvgIpc) is 3.11. The van der Waals surface area contributed by atoms with Gasteiger partial charge < -0.3 is 5.32 Å². The number of nitrogens with one attached hydrogen (secondary N) is 1. The van der Waals surface area contributed by atoms with Gasteiger partial charge in [0.1, 0.15) is 6.04 Å². The minimum absolute atomic E-state index is 0.148. The number of benzene rings is 1. The first-order chi connectivity index (χ1) is 9.98. The van der Waals surface area contributed by atoms with Crippen molar-refractivity contribution in [3.63, 3.8) is 0 Å². The molecule has 0 unspecified atom stereocenters. The van der Waals surface area contributed by atoms with E-state index >= 15 is 0 Å². The Kier molecular flexibility index (Phi) is 3.75. The van der Waals surface area contributed by atoms with Gasteiger partial charge in [-0.25, -0.2) is 8.42 Å². The summed E-state index contributed by atoms with van der Waals surface area (Å²) in [7, 11) is -3.59. The first kappa shape index (κ1) is 14.5. The van der Waals surface area contributed by atoms with Gasteiger partial charge in [-0.3, -0.25) is 4.79 Å². The quantitative estimate of drug-likeness (QED) is 0.915. The number of rotatable bonds is 4. The van der Waals surface area contributed by atoms with Crippen LogP contribution in [0, 0.1) is 6.92 Å². The second-order valence-electron chi connectivity index (χ2n) is 5.87. The maximum absolute atomic E-state index is 12.7. The van der Waals surface area contributed by atoms with E-state index in [2.05, 4.69) is 5.32 Å². The summed E-state index contributed by atoms with van der Waals surface area (Å²) in [6.45, 7) is 2.33. The molecule has 114 valence electrons. The fourth-order valence-electron chi connectivity index (χ4n) is 2.66. The summed E-state index contributed by atoms with van der Waals surface area (Å²) in [5.41, 5.74) is 1.01. The van der Waals surface area contributed by atoms with Crippen LogP contribution in [0.5, 0.6) is 0 Å². The highest BCUT2D eigenvalue weighted by Crippen LogP contribution is 2.27. The smallest absolute Gasteiger partial charge is 0.243 e. The van der Waals surface area contributed by atoms with Crippen molar-refractivity contribution >= 4 is 15.9 Å². The Labute approximate surface area is 125 Å².